The SMILES string of the molecule is CCCCOC(=S)S.[H-].[K+]. The van der Waals surface area contributed by atoms with E-state index in [-0.39, 0.29) is 52.8 Å². The first-order valence-corrected chi connectivity index (χ1v) is 3.48. The first-order valence-electron chi connectivity index (χ1n) is 2.63. The van der Waals surface area contributed by atoms with E-state index in [1.807, 2.05) is 0 Å². The molecule has 1 nitrogen and oxygen atoms in total. The van der Waals surface area contributed by atoms with Crippen molar-refractivity contribution in [2.75, 3.05) is 6.61 Å². The van der Waals surface area contributed by atoms with Gasteiger partial charge in [0.1, 0.15) is 0 Å². The summed E-state index contributed by atoms with van der Waals surface area (Å²) >= 11 is 8.33. The number of ether oxygens (including phenoxy) is 1. The number of hydrogen-bond acceptors (Lipinski definition) is 2. The van der Waals surface area contributed by atoms with Gasteiger partial charge in [-0.25, -0.2) is 0 Å². The van der Waals surface area contributed by atoms with E-state index < -0.39 is 0 Å². The van der Waals surface area contributed by atoms with Crippen molar-refractivity contribution in [3.05, 3.63) is 0 Å². The van der Waals surface area contributed by atoms with E-state index in [2.05, 4.69) is 31.8 Å². The molecule has 9 heavy (non-hydrogen) atoms. The van der Waals surface area contributed by atoms with Crippen molar-refractivity contribution in [2.24, 2.45) is 0 Å². The number of thiol groups is 1. The Kier molecular flexibility index (Phi) is 14.8. The molecule has 0 N–H and O–H groups in total. The van der Waals surface area contributed by atoms with Crippen LogP contribution in [0.25, 0.3) is 0 Å². The fourth-order valence-corrected chi connectivity index (χ4v) is 0.478. The molecule has 0 aromatic heterocycles. The van der Waals surface area contributed by atoms with Crippen LogP contribution in [0.1, 0.15) is 21.2 Å². The minimum atomic E-state index is 0. The number of rotatable bonds is 3. The Morgan fingerprint density at radius 2 is 2.33 bits per heavy atom. The molecule has 0 saturated heterocycles. The molecule has 0 aromatic carbocycles. The van der Waals surface area contributed by atoms with Crippen LogP contribution < -0.4 is 51.4 Å². The fourth-order valence-electron chi connectivity index (χ4n) is 0.304. The third-order valence-corrected chi connectivity index (χ3v) is 0.970. The van der Waals surface area contributed by atoms with Gasteiger partial charge in [0, 0.05) is 0 Å². The molecule has 0 amide bonds. The summed E-state index contributed by atoms with van der Waals surface area (Å²) in [6.07, 6.45) is 2.19. The van der Waals surface area contributed by atoms with Gasteiger partial charge in [-0.05, 0) is 18.6 Å². The van der Waals surface area contributed by atoms with Crippen LogP contribution in [0.4, 0.5) is 0 Å². The van der Waals surface area contributed by atoms with Crippen molar-refractivity contribution < 1.29 is 57.5 Å². The van der Waals surface area contributed by atoms with Crippen molar-refractivity contribution in [1.82, 2.24) is 0 Å². The summed E-state index contributed by atoms with van der Waals surface area (Å²) < 4.78 is 5.22. The van der Waals surface area contributed by atoms with Crippen molar-refractivity contribution in [1.29, 1.82) is 0 Å². The van der Waals surface area contributed by atoms with Gasteiger partial charge < -0.3 is 6.16 Å². The van der Waals surface area contributed by atoms with E-state index in [0.717, 1.165) is 12.8 Å². The van der Waals surface area contributed by atoms with Crippen LogP contribution in [-0.2, 0) is 4.74 Å². The second-order valence-corrected chi connectivity index (χ2v) is 2.55. The quantitative estimate of drug-likeness (QED) is 0.268. The van der Waals surface area contributed by atoms with Crippen LogP contribution in [0.15, 0.2) is 0 Å². The average Bonchev–Trinajstić information content (AvgIpc) is 1.66. The maximum Gasteiger partial charge on any atom is 1.00 e. The number of unbranched alkanes of at least 4 members (excludes halogenated alkanes) is 1. The molecular weight excluding hydrogens is 179 g/mol. The molecule has 0 saturated carbocycles. The molecular formula is C5H11KOS2. The Hall–Kier alpha value is 1.88. The van der Waals surface area contributed by atoms with Crippen LogP contribution in [0.2, 0.25) is 0 Å². The van der Waals surface area contributed by atoms with Crippen LogP contribution >= 0.6 is 24.8 Å². The molecule has 0 rings (SSSR count). The van der Waals surface area contributed by atoms with Gasteiger partial charge >= 0.3 is 51.4 Å². The Labute approximate surface area is 111 Å². The van der Waals surface area contributed by atoms with Gasteiger partial charge in [-0.15, -0.1) is 0 Å². The first kappa shape index (κ1) is 13.5. The first-order chi connectivity index (χ1) is 3.77. The van der Waals surface area contributed by atoms with Gasteiger partial charge in [0.2, 0.25) is 4.38 Å². The molecule has 0 unspecified atom stereocenters. The Morgan fingerprint density at radius 3 is 2.67 bits per heavy atom. The van der Waals surface area contributed by atoms with E-state index in [4.69, 9.17) is 4.74 Å². The van der Waals surface area contributed by atoms with Gasteiger partial charge in [0.25, 0.3) is 0 Å². The molecule has 0 aliphatic rings. The summed E-state index contributed by atoms with van der Waals surface area (Å²) in [5, 5.41) is 0. The summed E-state index contributed by atoms with van der Waals surface area (Å²) in [6, 6.07) is 0. The van der Waals surface area contributed by atoms with E-state index in [1.54, 1.807) is 0 Å². The molecule has 0 spiro atoms. The average molecular weight is 190 g/mol. The maximum atomic E-state index is 4.88. The maximum absolute atomic E-state index is 4.88. The molecule has 0 atom stereocenters. The van der Waals surface area contributed by atoms with E-state index in [9.17, 15) is 0 Å². The summed E-state index contributed by atoms with van der Waals surface area (Å²) in [6.45, 7) is 2.81. The summed E-state index contributed by atoms with van der Waals surface area (Å²) in [5.41, 5.74) is 0. The minimum Gasteiger partial charge on any atom is -1.00 e. The largest absolute Gasteiger partial charge is 1.00 e. The van der Waals surface area contributed by atoms with Gasteiger partial charge in [-0.2, -0.15) is 0 Å². The molecule has 0 fully saturated rings. The second-order valence-electron chi connectivity index (χ2n) is 1.47. The van der Waals surface area contributed by atoms with Crippen LogP contribution in [0, 0.1) is 0 Å². The summed E-state index contributed by atoms with van der Waals surface area (Å²) in [7, 11) is 0. The van der Waals surface area contributed by atoms with E-state index in [1.165, 1.54) is 0 Å². The van der Waals surface area contributed by atoms with E-state index >= 15 is 0 Å². The molecule has 0 radical (unpaired) electrons. The monoisotopic (exact) mass is 190 g/mol. The number of thiocarbonyl (C=S) groups is 1. The normalized spacial score (nSPS) is 7.78. The predicted molar refractivity (Wildman–Crippen MR) is 43.6 cm³/mol. The molecule has 0 bridgehead atoms. The third-order valence-electron chi connectivity index (χ3n) is 0.723. The van der Waals surface area contributed by atoms with Crippen molar-refractivity contribution in [2.45, 2.75) is 19.8 Å². The van der Waals surface area contributed by atoms with Crippen LogP contribution in [0.3, 0.4) is 0 Å². The zero-order valence-corrected chi connectivity index (χ0v) is 10.7. The standard InChI is InChI=1S/C5H10OS2.K.H/c1-2-3-4-6-5(7)8;;/h2-4H2,1H3,(H,7,8);;/q;+1;-1. The molecule has 0 aliphatic carbocycles. The predicted octanol–water partition coefficient (Wildman–Crippen LogP) is -0.866. The van der Waals surface area contributed by atoms with Gasteiger partial charge in [-0.3, -0.25) is 0 Å². The van der Waals surface area contributed by atoms with E-state index in [0.29, 0.717) is 11.0 Å². The molecule has 0 heterocycles. The zero-order chi connectivity index (χ0) is 6.41. The molecule has 50 valence electrons. The Morgan fingerprint density at radius 1 is 1.78 bits per heavy atom. The smallest absolute Gasteiger partial charge is 1.00 e. The summed E-state index contributed by atoms with van der Waals surface area (Å²) in [5.74, 6) is 0. The third kappa shape index (κ3) is 13.0. The summed E-state index contributed by atoms with van der Waals surface area (Å²) in [4.78, 5) is 0. The zero-order valence-electron chi connectivity index (χ0n) is 6.89. The Balaban J connectivity index is -0.000000245. The van der Waals surface area contributed by atoms with Gasteiger partial charge in [0.05, 0.1) is 6.61 Å². The Bertz CT molecular complexity index is 82.0. The molecule has 0 aromatic rings. The van der Waals surface area contributed by atoms with Crippen molar-refractivity contribution >= 4 is 29.2 Å². The topological polar surface area (TPSA) is 9.23 Å². The van der Waals surface area contributed by atoms with Crippen molar-refractivity contribution in [3.8, 4) is 0 Å². The number of hydrogen-bond donors (Lipinski definition) is 1. The minimum absolute atomic E-state index is 0. The second kappa shape index (κ2) is 9.88. The van der Waals surface area contributed by atoms with Gasteiger partial charge in [0.15, 0.2) is 0 Å². The van der Waals surface area contributed by atoms with Gasteiger partial charge in [-0.1, -0.05) is 26.0 Å². The molecule has 4 heteroatoms. The fraction of sp³-hybridized carbons (Fsp3) is 0.800. The van der Waals surface area contributed by atoms with Crippen molar-refractivity contribution in [3.63, 3.8) is 0 Å². The van der Waals surface area contributed by atoms with Crippen LogP contribution in [-0.4, -0.2) is 11.0 Å². The molecule has 0 aliphatic heterocycles. The van der Waals surface area contributed by atoms with Crippen LogP contribution in [0.5, 0.6) is 0 Å².